The van der Waals surface area contributed by atoms with Crippen molar-refractivity contribution in [1.82, 2.24) is 0 Å². The van der Waals surface area contributed by atoms with Crippen molar-refractivity contribution in [3.05, 3.63) is 22.7 Å². The first kappa shape index (κ1) is 13.7. The van der Waals surface area contributed by atoms with Crippen molar-refractivity contribution in [2.24, 2.45) is 5.92 Å². The van der Waals surface area contributed by atoms with E-state index in [1.165, 1.54) is 0 Å². The van der Waals surface area contributed by atoms with Crippen LogP contribution < -0.4 is 9.47 Å². The van der Waals surface area contributed by atoms with Gasteiger partial charge in [0.1, 0.15) is 0 Å². The first-order valence-corrected chi connectivity index (χ1v) is 6.36. The summed E-state index contributed by atoms with van der Waals surface area (Å²) in [5.41, 5.74) is 1.02. The quantitative estimate of drug-likeness (QED) is 0.765. The normalized spacial score (nSPS) is 12.7. The van der Waals surface area contributed by atoms with Crippen LogP contribution in [0.1, 0.15) is 24.2 Å². The number of benzene rings is 1. The molecule has 0 fully saturated rings. The first-order chi connectivity index (χ1) is 7.51. The summed E-state index contributed by atoms with van der Waals surface area (Å²) in [4.78, 5) is 0.208. The summed E-state index contributed by atoms with van der Waals surface area (Å²) in [5.74, 6) is 1.81. The van der Waals surface area contributed by atoms with Crippen molar-refractivity contribution in [3.8, 4) is 11.5 Å². The zero-order valence-electron chi connectivity index (χ0n) is 9.88. The molecule has 0 bridgehead atoms. The molecule has 1 aromatic rings. The maximum Gasteiger partial charge on any atom is 0.162 e. The van der Waals surface area contributed by atoms with Crippen LogP contribution in [0.2, 0.25) is 5.02 Å². The van der Waals surface area contributed by atoms with Gasteiger partial charge in [0.2, 0.25) is 0 Å². The fraction of sp³-hybridized carbons (Fsp3) is 0.500. The molecule has 0 aliphatic rings. The second kappa shape index (κ2) is 5.78. The molecule has 0 amide bonds. The van der Waals surface area contributed by atoms with Gasteiger partial charge in [0, 0.05) is 15.9 Å². The predicted molar refractivity (Wildman–Crippen MR) is 71.1 cm³/mol. The minimum Gasteiger partial charge on any atom is -0.493 e. The molecular weight excluding hydrogens is 291 g/mol. The van der Waals surface area contributed by atoms with Crippen molar-refractivity contribution in [2.45, 2.75) is 18.7 Å². The molecule has 16 heavy (non-hydrogen) atoms. The van der Waals surface area contributed by atoms with E-state index in [2.05, 4.69) is 29.8 Å². The van der Waals surface area contributed by atoms with E-state index in [1.54, 1.807) is 20.3 Å². The Hall–Kier alpha value is -0.410. The number of ether oxygens (including phenoxy) is 2. The average molecular weight is 308 g/mol. The molecule has 0 aliphatic carbocycles. The number of rotatable bonds is 4. The Balaban J connectivity index is 3.21. The lowest BCUT2D eigenvalue weighted by atomic mass is 10.0. The lowest BCUT2D eigenvalue weighted by Crippen LogP contribution is -2.01. The van der Waals surface area contributed by atoms with Crippen LogP contribution in [0.25, 0.3) is 0 Å². The molecule has 90 valence electrons. The monoisotopic (exact) mass is 306 g/mol. The van der Waals surface area contributed by atoms with E-state index in [-0.39, 0.29) is 4.83 Å². The van der Waals surface area contributed by atoms with Gasteiger partial charge in [-0.25, -0.2) is 0 Å². The van der Waals surface area contributed by atoms with Crippen molar-refractivity contribution >= 4 is 27.5 Å². The van der Waals surface area contributed by atoms with Crippen molar-refractivity contribution < 1.29 is 9.47 Å². The van der Waals surface area contributed by atoms with Crippen LogP contribution in [-0.4, -0.2) is 14.2 Å². The van der Waals surface area contributed by atoms with Crippen LogP contribution in [0.5, 0.6) is 11.5 Å². The van der Waals surface area contributed by atoms with Crippen LogP contribution >= 0.6 is 27.5 Å². The largest absolute Gasteiger partial charge is 0.493 e. The van der Waals surface area contributed by atoms with E-state index in [4.69, 9.17) is 21.1 Å². The van der Waals surface area contributed by atoms with Gasteiger partial charge in [-0.15, -0.1) is 0 Å². The Kier molecular flexibility index (Phi) is 4.93. The third kappa shape index (κ3) is 2.83. The Morgan fingerprint density at radius 3 is 2.06 bits per heavy atom. The summed E-state index contributed by atoms with van der Waals surface area (Å²) in [7, 11) is 3.22. The van der Waals surface area contributed by atoms with Crippen molar-refractivity contribution in [2.75, 3.05) is 14.2 Å². The second-order valence-electron chi connectivity index (χ2n) is 3.87. The van der Waals surface area contributed by atoms with E-state index in [0.29, 0.717) is 22.4 Å². The molecule has 0 aliphatic heterocycles. The SMILES string of the molecule is COc1cc(Cl)c(C(Br)C(C)C)cc1OC. The van der Waals surface area contributed by atoms with Gasteiger partial charge < -0.3 is 9.47 Å². The topological polar surface area (TPSA) is 18.5 Å². The zero-order valence-corrected chi connectivity index (χ0v) is 12.2. The summed E-state index contributed by atoms with van der Waals surface area (Å²) in [6, 6.07) is 3.70. The molecule has 1 aromatic carbocycles. The number of halogens is 2. The Bertz CT molecular complexity index is 366. The molecule has 0 saturated heterocycles. The number of hydrogen-bond donors (Lipinski definition) is 0. The molecule has 4 heteroatoms. The van der Waals surface area contributed by atoms with Gasteiger partial charge in [-0.3, -0.25) is 0 Å². The second-order valence-corrected chi connectivity index (χ2v) is 5.27. The summed E-state index contributed by atoms with van der Waals surface area (Å²) in [6.45, 7) is 4.26. The maximum atomic E-state index is 6.21. The van der Waals surface area contributed by atoms with E-state index in [0.717, 1.165) is 5.56 Å². The van der Waals surface area contributed by atoms with Crippen molar-refractivity contribution in [1.29, 1.82) is 0 Å². The molecule has 2 nitrogen and oxygen atoms in total. The Morgan fingerprint density at radius 1 is 1.12 bits per heavy atom. The molecular formula is C12H16BrClO2. The molecule has 0 radical (unpaired) electrons. The zero-order chi connectivity index (χ0) is 12.3. The maximum absolute atomic E-state index is 6.21. The van der Waals surface area contributed by atoms with E-state index < -0.39 is 0 Å². The van der Waals surface area contributed by atoms with Gasteiger partial charge >= 0.3 is 0 Å². The summed E-state index contributed by atoms with van der Waals surface area (Å²) in [6.07, 6.45) is 0. The van der Waals surface area contributed by atoms with Crippen LogP contribution in [0.3, 0.4) is 0 Å². The highest BCUT2D eigenvalue weighted by atomic mass is 79.9. The molecule has 0 aromatic heterocycles. The molecule has 0 heterocycles. The van der Waals surface area contributed by atoms with E-state index in [1.807, 2.05) is 6.07 Å². The number of alkyl halides is 1. The highest BCUT2D eigenvalue weighted by Gasteiger charge is 2.18. The van der Waals surface area contributed by atoms with Crippen LogP contribution in [0.15, 0.2) is 12.1 Å². The van der Waals surface area contributed by atoms with Gasteiger partial charge in [-0.1, -0.05) is 41.4 Å². The van der Waals surface area contributed by atoms with Gasteiger partial charge in [0.05, 0.1) is 14.2 Å². The standard InChI is InChI=1S/C12H16BrClO2/c1-7(2)12(13)8-5-10(15-3)11(16-4)6-9(8)14/h5-7,12H,1-4H3. The number of methoxy groups -OCH3 is 2. The van der Waals surface area contributed by atoms with Gasteiger partial charge in [-0.2, -0.15) is 0 Å². The Morgan fingerprint density at radius 2 is 1.62 bits per heavy atom. The van der Waals surface area contributed by atoms with Crippen LogP contribution in [-0.2, 0) is 0 Å². The molecule has 1 unspecified atom stereocenters. The van der Waals surface area contributed by atoms with E-state index in [9.17, 15) is 0 Å². The van der Waals surface area contributed by atoms with E-state index >= 15 is 0 Å². The highest BCUT2D eigenvalue weighted by Crippen LogP contribution is 2.41. The van der Waals surface area contributed by atoms with Crippen molar-refractivity contribution in [3.63, 3.8) is 0 Å². The lowest BCUT2D eigenvalue weighted by molar-refractivity contribution is 0.354. The fourth-order valence-electron chi connectivity index (χ4n) is 1.44. The third-order valence-corrected chi connectivity index (χ3v) is 4.26. The summed E-state index contributed by atoms with van der Waals surface area (Å²) < 4.78 is 10.4. The lowest BCUT2D eigenvalue weighted by Gasteiger charge is -2.18. The third-order valence-electron chi connectivity index (χ3n) is 2.39. The molecule has 1 rings (SSSR count). The van der Waals surface area contributed by atoms with Crippen LogP contribution in [0, 0.1) is 5.92 Å². The van der Waals surface area contributed by atoms with Crippen LogP contribution in [0.4, 0.5) is 0 Å². The molecule has 0 spiro atoms. The van der Waals surface area contributed by atoms with Gasteiger partial charge in [0.15, 0.2) is 11.5 Å². The predicted octanol–water partition coefficient (Wildman–Crippen LogP) is 4.45. The molecule has 0 N–H and O–H groups in total. The smallest absolute Gasteiger partial charge is 0.162 e. The van der Waals surface area contributed by atoms with Gasteiger partial charge in [-0.05, 0) is 17.5 Å². The fourth-order valence-corrected chi connectivity index (χ4v) is 2.22. The summed E-state index contributed by atoms with van der Waals surface area (Å²) >= 11 is 9.84. The first-order valence-electron chi connectivity index (χ1n) is 5.06. The molecule has 0 saturated carbocycles. The minimum atomic E-state index is 0.208. The summed E-state index contributed by atoms with van der Waals surface area (Å²) in [5, 5.41) is 0.688. The number of hydrogen-bond acceptors (Lipinski definition) is 2. The Labute approximate surface area is 110 Å². The van der Waals surface area contributed by atoms with Gasteiger partial charge in [0.25, 0.3) is 0 Å². The minimum absolute atomic E-state index is 0.208. The molecule has 1 atom stereocenters. The average Bonchev–Trinajstić information content (AvgIpc) is 2.27. The highest BCUT2D eigenvalue weighted by molar-refractivity contribution is 9.09.